The van der Waals surface area contributed by atoms with Gasteiger partial charge in [-0.25, -0.2) is 0 Å². The Labute approximate surface area is 101 Å². The lowest BCUT2D eigenvalue weighted by Gasteiger charge is -2.42. The van der Waals surface area contributed by atoms with Gasteiger partial charge in [0.05, 0.1) is 6.61 Å². The molecule has 1 fully saturated rings. The van der Waals surface area contributed by atoms with E-state index in [1.54, 1.807) is 7.11 Å². The first kappa shape index (κ1) is 13.9. The van der Waals surface area contributed by atoms with Crippen molar-refractivity contribution in [2.45, 2.75) is 45.7 Å². The van der Waals surface area contributed by atoms with E-state index in [0.29, 0.717) is 12.1 Å². The van der Waals surface area contributed by atoms with Crippen LogP contribution < -0.4 is 5.32 Å². The van der Waals surface area contributed by atoms with Gasteiger partial charge in [-0.1, -0.05) is 13.8 Å². The van der Waals surface area contributed by atoms with Crippen LogP contribution in [0, 0.1) is 5.92 Å². The summed E-state index contributed by atoms with van der Waals surface area (Å²) >= 11 is 0. The highest BCUT2D eigenvalue weighted by Crippen LogP contribution is 2.20. The molecule has 0 aromatic carbocycles. The Hall–Kier alpha value is -0.120. The van der Waals surface area contributed by atoms with Crippen LogP contribution in [0.15, 0.2) is 0 Å². The third kappa shape index (κ3) is 3.72. The number of nitrogens with one attached hydrogen (secondary N) is 1. The van der Waals surface area contributed by atoms with Gasteiger partial charge in [0.15, 0.2) is 0 Å². The molecule has 0 saturated carbocycles. The maximum Gasteiger partial charge on any atom is 0.0589 e. The van der Waals surface area contributed by atoms with E-state index in [2.05, 4.69) is 31.0 Å². The van der Waals surface area contributed by atoms with Crippen LogP contribution in [0.4, 0.5) is 0 Å². The van der Waals surface area contributed by atoms with Gasteiger partial charge >= 0.3 is 0 Å². The average Bonchev–Trinajstić information content (AvgIpc) is 2.31. The summed E-state index contributed by atoms with van der Waals surface area (Å²) in [5.74, 6) is 0.798. The van der Waals surface area contributed by atoms with Crippen molar-refractivity contribution in [1.29, 1.82) is 0 Å². The zero-order valence-corrected chi connectivity index (χ0v) is 11.3. The minimum atomic E-state index is 0.655. The third-order valence-electron chi connectivity index (χ3n) is 3.92. The molecule has 3 unspecified atom stereocenters. The number of hydrogen-bond donors (Lipinski definition) is 1. The molecule has 96 valence electrons. The smallest absolute Gasteiger partial charge is 0.0589 e. The molecule has 0 aromatic rings. The van der Waals surface area contributed by atoms with Crippen LogP contribution in [0.5, 0.6) is 0 Å². The van der Waals surface area contributed by atoms with Gasteiger partial charge < -0.3 is 10.1 Å². The van der Waals surface area contributed by atoms with Gasteiger partial charge in [0.2, 0.25) is 0 Å². The number of hydrogen-bond acceptors (Lipinski definition) is 3. The first-order chi connectivity index (χ1) is 7.70. The maximum absolute atomic E-state index is 5.23. The number of methoxy groups -OCH3 is 1. The second-order valence-electron chi connectivity index (χ2n) is 5.03. The fraction of sp³-hybridized carbons (Fsp3) is 1.00. The lowest BCUT2D eigenvalue weighted by molar-refractivity contribution is 0.0534. The zero-order chi connectivity index (χ0) is 12.0. The van der Waals surface area contributed by atoms with E-state index >= 15 is 0 Å². The number of ether oxygens (including phenoxy) is 1. The van der Waals surface area contributed by atoms with Gasteiger partial charge in [0.1, 0.15) is 0 Å². The Kier molecular flexibility index (Phi) is 6.32. The number of nitrogens with zero attached hydrogens (tertiary/aromatic N) is 1. The van der Waals surface area contributed by atoms with Crippen LogP contribution in [-0.2, 0) is 4.74 Å². The Bertz CT molecular complexity index is 187. The maximum atomic E-state index is 5.23. The first-order valence-electron chi connectivity index (χ1n) is 6.66. The highest BCUT2D eigenvalue weighted by atomic mass is 16.5. The van der Waals surface area contributed by atoms with Crippen LogP contribution in [-0.4, -0.2) is 50.3 Å². The van der Waals surface area contributed by atoms with Crippen molar-refractivity contribution < 1.29 is 4.74 Å². The quantitative estimate of drug-likeness (QED) is 0.749. The molecule has 0 aromatic heterocycles. The van der Waals surface area contributed by atoms with Crippen LogP contribution in [0.25, 0.3) is 0 Å². The topological polar surface area (TPSA) is 24.5 Å². The summed E-state index contributed by atoms with van der Waals surface area (Å²) in [7, 11) is 1.79. The first-order valence-corrected chi connectivity index (χ1v) is 6.66. The highest BCUT2D eigenvalue weighted by Gasteiger charge is 2.29. The molecule has 1 rings (SSSR count). The van der Waals surface area contributed by atoms with Crippen molar-refractivity contribution in [3.05, 3.63) is 0 Å². The van der Waals surface area contributed by atoms with Crippen LogP contribution in [0.1, 0.15) is 33.6 Å². The summed E-state index contributed by atoms with van der Waals surface area (Å²) < 4.78 is 5.23. The molecule has 1 aliphatic rings. The Morgan fingerprint density at radius 1 is 1.50 bits per heavy atom. The van der Waals surface area contributed by atoms with Gasteiger partial charge in [-0.05, 0) is 32.2 Å². The normalized spacial score (nSPS) is 28.3. The second kappa shape index (κ2) is 7.25. The molecule has 1 saturated heterocycles. The van der Waals surface area contributed by atoms with Gasteiger partial charge in [0.25, 0.3) is 0 Å². The summed E-state index contributed by atoms with van der Waals surface area (Å²) in [6, 6.07) is 1.33. The molecule has 0 aliphatic carbocycles. The average molecular weight is 228 g/mol. The SMILES string of the molecule is CCC(C)N(CCOC)C1CNCCC1C. The summed E-state index contributed by atoms with van der Waals surface area (Å²) in [5.41, 5.74) is 0. The molecular weight excluding hydrogens is 200 g/mol. The summed E-state index contributed by atoms with van der Waals surface area (Å²) in [4.78, 5) is 2.63. The van der Waals surface area contributed by atoms with E-state index in [0.717, 1.165) is 25.6 Å². The molecule has 0 amide bonds. The summed E-state index contributed by atoms with van der Waals surface area (Å²) in [6.45, 7) is 11.2. The molecule has 3 atom stereocenters. The Morgan fingerprint density at radius 2 is 2.25 bits per heavy atom. The fourth-order valence-corrected chi connectivity index (χ4v) is 2.56. The van der Waals surface area contributed by atoms with E-state index < -0.39 is 0 Å². The second-order valence-corrected chi connectivity index (χ2v) is 5.03. The summed E-state index contributed by atoms with van der Waals surface area (Å²) in [6.07, 6.45) is 2.51. The minimum absolute atomic E-state index is 0.655. The standard InChI is InChI=1S/C13H28N2O/c1-5-12(3)15(8-9-16-4)13-10-14-7-6-11(13)2/h11-14H,5-10H2,1-4H3. The van der Waals surface area contributed by atoms with Crippen molar-refractivity contribution >= 4 is 0 Å². The molecule has 1 N–H and O–H groups in total. The molecule has 1 heterocycles. The van der Waals surface area contributed by atoms with E-state index in [4.69, 9.17) is 4.74 Å². The van der Waals surface area contributed by atoms with Crippen molar-refractivity contribution in [2.24, 2.45) is 5.92 Å². The van der Waals surface area contributed by atoms with E-state index in [1.807, 2.05) is 0 Å². The molecule has 3 heteroatoms. The summed E-state index contributed by atoms with van der Waals surface area (Å²) in [5, 5.41) is 3.52. The predicted octanol–water partition coefficient (Wildman–Crippen LogP) is 1.73. The Balaban J connectivity index is 2.57. The molecule has 3 nitrogen and oxygen atoms in total. The van der Waals surface area contributed by atoms with Crippen LogP contribution >= 0.6 is 0 Å². The molecular formula is C13H28N2O. The molecule has 0 spiro atoms. The van der Waals surface area contributed by atoms with Gasteiger partial charge in [0, 0.05) is 32.3 Å². The Morgan fingerprint density at radius 3 is 2.81 bits per heavy atom. The highest BCUT2D eigenvalue weighted by molar-refractivity contribution is 4.85. The predicted molar refractivity (Wildman–Crippen MR) is 68.8 cm³/mol. The molecule has 16 heavy (non-hydrogen) atoms. The van der Waals surface area contributed by atoms with E-state index in [-0.39, 0.29) is 0 Å². The van der Waals surface area contributed by atoms with Gasteiger partial charge in [-0.2, -0.15) is 0 Å². The largest absolute Gasteiger partial charge is 0.383 e. The lowest BCUT2D eigenvalue weighted by Crippen LogP contribution is -2.54. The fourth-order valence-electron chi connectivity index (χ4n) is 2.56. The van der Waals surface area contributed by atoms with E-state index in [9.17, 15) is 0 Å². The van der Waals surface area contributed by atoms with Crippen LogP contribution in [0.3, 0.4) is 0 Å². The molecule has 0 bridgehead atoms. The number of rotatable bonds is 6. The monoisotopic (exact) mass is 228 g/mol. The van der Waals surface area contributed by atoms with Gasteiger partial charge in [-0.15, -0.1) is 0 Å². The molecule has 1 aliphatic heterocycles. The zero-order valence-electron chi connectivity index (χ0n) is 11.3. The van der Waals surface area contributed by atoms with Gasteiger partial charge in [-0.3, -0.25) is 4.90 Å². The van der Waals surface area contributed by atoms with Crippen LogP contribution in [0.2, 0.25) is 0 Å². The van der Waals surface area contributed by atoms with E-state index in [1.165, 1.54) is 19.4 Å². The van der Waals surface area contributed by atoms with Crippen molar-refractivity contribution in [1.82, 2.24) is 10.2 Å². The lowest BCUT2D eigenvalue weighted by atomic mass is 9.92. The van der Waals surface area contributed by atoms with Crippen molar-refractivity contribution in [2.75, 3.05) is 33.4 Å². The minimum Gasteiger partial charge on any atom is -0.383 e. The third-order valence-corrected chi connectivity index (χ3v) is 3.92. The van der Waals surface area contributed by atoms with Crippen molar-refractivity contribution in [3.63, 3.8) is 0 Å². The number of piperidine rings is 1. The van der Waals surface area contributed by atoms with Crippen molar-refractivity contribution in [3.8, 4) is 0 Å². The molecule has 0 radical (unpaired) electrons.